The zero-order valence-electron chi connectivity index (χ0n) is 9.68. The third-order valence-corrected chi connectivity index (χ3v) is 3.16. The van der Waals surface area contributed by atoms with Gasteiger partial charge in [-0.15, -0.1) is 0 Å². The highest BCUT2D eigenvalue weighted by molar-refractivity contribution is 5.74. The van der Waals surface area contributed by atoms with E-state index in [0.717, 1.165) is 18.8 Å². The molecule has 4 heteroatoms. The van der Waals surface area contributed by atoms with Crippen LogP contribution in [0.25, 0.3) is 0 Å². The molecule has 1 aliphatic rings. The van der Waals surface area contributed by atoms with Gasteiger partial charge in [-0.05, 0) is 24.3 Å². The fourth-order valence-corrected chi connectivity index (χ4v) is 1.85. The summed E-state index contributed by atoms with van der Waals surface area (Å²) in [5.41, 5.74) is 7.58. The lowest BCUT2D eigenvalue weighted by Crippen LogP contribution is -2.59. The van der Waals surface area contributed by atoms with Gasteiger partial charge >= 0.3 is 0 Å². The predicted octanol–water partition coefficient (Wildman–Crippen LogP) is 0.936. The lowest BCUT2D eigenvalue weighted by Gasteiger charge is -2.45. The molecule has 0 bridgehead atoms. The monoisotopic (exact) mass is 219 g/mol. The highest BCUT2D eigenvalue weighted by Crippen LogP contribution is 2.23. The van der Waals surface area contributed by atoms with Crippen molar-refractivity contribution < 1.29 is 4.79 Å². The summed E-state index contributed by atoms with van der Waals surface area (Å²) in [5.74, 6) is 0.127. The Morgan fingerprint density at radius 2 is 1.94 bits per heavy atom. The summed E-state index contributed by atoms with van der Waals surface area (Å²) >= 11 is 0. The van der Waals surface area contributed by atoms with Crippen LogP contribution in [-0.4, -0.2) is 37.0 Å². The molecule has 1 aromatic rings. The van der Waals surface area contributed by atoms with E-state index in [2.05, 4.69) is 4.90 Å². The van der Waals surface area contributed by atoms with E-state index in [1.807, 2.05) is 31.3 Å². The van der Waals surface area contributed by atoms with E-state index >= 15 is 0 Å². The third kappa shape index (κ3) is 1.96. The van der Waals surface area contributed by atoms with Crippen molar-refractivity contribution in [3.05, 3.63) is 24.3 Å². The molecule has 0 atom stereocenters. The summed E-state index contributed by atoms with van der Waals surface area (Å²) in [5, 5.41) is 0. The van der Waals surface area contributed by atoms with Gasteiger partial charge in [0.1, 0.15) is 0 Å². The minimum absolute atomic E-state index is 0.127. The molecule has 0 aromatic heterocycles. The van der Waals surface area contributed by atoms with Crippen LogP contribution in [0.1, 0.15) is 6.92 Å². The molecular weight excluding hydrogens is 202 g/mol. The molecule has 1 amide bonds. The van der Waals surface area contributed by atoms with Crippen molar-refractivity contribution in [1.29, 1.82) is 0 Å². The van der Waals surface area contributed by atoms with Gasteiger partial charge in [0.25, 0.3) is 0 Å². The van der Waals surface area contributed by atoms with Gasteiger partial charge in [0.15, 0.2) is 0 Å². The molecule has 0 unspecified atom stereocenters. The highest BCUT2D eigenvalue weighted by atomic mass is 16.2. The average molecular weight is 219 g/mol. The Bertz CT molecular complexity index is 382. The molecule has 0 spiro atoms. The van der Waals surface area contributed by atoms with Gasteiger partial charge in [0.2, 0.25) is 5.91 Å². The summed E-state index contributed by atoms with van der Waals surface area (Å²) in [6.45, 7) is 3.41. The summed E-state index contributed by atoms with van der Waals surface area (Å²) in [6, 6.07) is 8.17. The van der Waals surface area contributed by atoms with Gasteiger partial charge in [-0.3, -0.25) is 4.79 Å². The zero-order valence-corrected chi connectivity index (χ0v) is 9.68. The van der Waals surface area contributed by atoms with Crippen LogP contribution in [-0.2, 0) is 4.79 Å². The fourth-order valence-electron chi connectivity index (χ4n) is 1.85. The van der Waals surface area contributed by atoms with Gasteiger partial charge in [0, 0.05) is 38.4 Å². The molecule has 1 saturated heterocycles. The number of nitrogen functional groups attached to an aromatic ring is 1. The van der Waals surface area contributed by atoms with Gasteiger partial charge in [0.05, 0.1) is 6.04 Å². The van der Waals surface area contributed by atoms with E-state index in [9.17, 15) is 4.79 Å². The first-order valence-electron chi connectivity index (χ1n) is 5.42. The maximum atomic E-state index is 11.2. The van der Waals surface area contributed by atoms with Crippen LogP contribution >= 0.6 is 0 Å². The first-order chi connectivity index (χ1) is 7.58. The van der Waals surface area contributed by atoms with Crippen molar-refractivity contribution in [3.8, 4) is 0 Å². The molecule has 0 radical (unpaired) electrons. The molecule has 1 aliphatic heterocycles. The quantitative estimate of drug-likeness (QED) is 0.753. The molecule has 16 heavy (non-hydrogen) atoms. The van der Waals surface area contributed by atoms with Crippen LogP contribution in [0.3, 0.4) is 0 Å². The summed E-state index contributed by atoms with van der Waals surface area (Å²) in [7, 11) is 1.85. The van der Waals surface area contributed by atoms with Crippen molar-refractivity contribution >= 4 is 17.3 Å². The molecule has 1 fully saturated rings. The molecular formula is C12H17N3O. The Balaban J connectivity index is 1.93. The lowest BCUT2D eigenvalue weighted by atomic mass is 10.1. The number of carbonyl (C=O) groups excluding carboxylic acids is 1. The van der Waals surface area contributed by atoms with Crippen LogP contribution in [0.2, 0.25) is 0 Å². The van der Waals surface area contributed by atoms with Crippen molar-refractivity contribution in [2.24, 2.45) is 0 Å². The number of rotatable bonds is 2. The van der Waals surface area contributed by atoms with Crippen LogP contribution in [0.15, 0.2) is 24.3 Å². The maximum absolute atomic E-state index is 11.2. The second-order valence-corrected chi connectivity index (χ2v) is 4.28. The van der Waals surface area contributed by atoms with Crippen LogP contribution in [0.4, 0.5) is 11.4 Å². The fraction of sp³-hybridized carbons (Fsp3) is 0.417. The minimum atomic E-state index is 0.127. The normalized spacial score (nSPS) is 15.8. The Morgan fingerprint density at radius 3 is 2.44 bits per heavy atom. The third-order valence-electron chi connectivity index (χ3n) is 3.16. The van der Waals surface area contributed by atoms with Crippen molar-refractivity contribution in [1.82, 2.24) is 4.90 Å². The number of hydrogen-bond donors (Lipinski definition) is 1. The van der Waals surface area contributed by atoms with Crippen molar-refractivity contribution in [3.63, 3.8) is 0 Å². The predicted molar refractivity (Wildman–Crippen MR) is 65.3 cm³/mol. The van der Waals surface area contributed by atoms with Crippen LogP contribution < -0.4 is 10.6 Å². The molecule has 1 heterocycles. The Hall–Kier alpha value is -1.71. The van der Waals surface area contributed by atoms with Crippen LogP contribution in [0, 0.1) is 0 Å². The van der Waals surface area contributed by atoms with E-state index in [4.69, 9.17) is 5.73 Å². The van der Waals surface area contributed by atoms with E-state index < -0.39 is 0 Å². The van der Waals surface area contributed by atoms with Gasteiger partial charge in [-0.1, -0.05) is 0 Å². The average Bonchev–Trinajstić information content (AvgIpc) is 2.18. The van der Waals surface area contributed by atoms with Crippen molar-refractivity contribution in [2.45, 2.75) is 13.0 Å². The number of likely N-dealkylation sites (N-methyl/N-ethyl adjacent to an activating group) is 1. The minimum Gasteiger partial charge on any atom is -0.399 e. The standard InChI is InChI=1S/C12H17N3O/c1-9(16)14(2)12-7-15(8-12)11-5-3-10(13)4-6-11/h3-6,12H,7-8,13H2,1-2H3. The summed E-state index contributed by atoms with van der Waals surface area (Å²) in [6.07, 6.45) is 0. The van der Waals surface area contributed by atoms with Gasteiger partial charge in [-0.25, -0.2) is 0 Å². The number of nitrogens with two attached hydrogens (primary N) is 1. The summed E-state index contributed by atoms with van der Waals surface area (Å²) in [4.78, 5) is 15.2. The lowest BCUT2D eigenvalue weighted by molar-refractivity contribution is -0.130. The first-order valence-corrected chi connectivity index (χ1v) is 5.42. The number of hydrogen-bond acceptors (Lipinski definition) is 3. The number of carbonyl (C=O) groups is 1. The van der Waals surface area contributed by atoms with Crippen LogP contribution in [0.5, 0.6) is 0 Å². The van der Waals surface area contributed by atoms with E-state index in [1.165, 1.54) is 5.69 Å². The van der Waals surface area contributed by atoms with Crippen molar-refractivity contribution in [2.75, 3.05) is 30.8 Å². The number of benzene rings is 1. The molecule has 1 aromatic carbocycles. The summed E-state index contributed by atoms with van der Waals surface area (Å²) < 4.78 is 0. The molecule has 2 N–H and O–H groups in total. The number of amides is 1. The molecule has 4 nitrogen and oxygen atoms in total. The SMILES string of the molecule is CC(=O)N(C)C1CN(c2ccc(N)cc2)C1. The Labute approximate surface area is 95.6 Å². The molecule has 0 saturated carbocycles. The number of nitrogens with zero attached hydrogens (tertiary/aromatic N) is 2. The first kappa shape index (κ1) is 10.8. The smallest absolute Gasteiger partial charge is 0.219 e. The Kier molecular flexibility index (Phi) is 2.73. The maximum Gasteiger partial charge on any atom is 0.219 e. The molecule has 0 aliphatic carbocycles. The van der Waals surface area contributed by atoms with E-state index in [1.54, 1.807) is 11.8 Å². The topological polar surface area (TPSA) is 49.6 Å². The highest BCUT2D eigenvalue weighted by Gasteiger charge is 2.31. The van der Waals surface area contributed by atoms with Gasteiger partial charge in [-0.2, -0.15) is 0 Å². The van der Waals surface area contributed by atoms with E-state index in [-0.39, 0.29) is 5.91 Å². The second kappa shape index (κ2) is 4.04. The van der Waals surface area contributed by atoms with E-state index in [0.29, 0.717) is 6.04 Å². The largest absolute Gasteiger partial charge is 0.399 e. The van der Waals surface area contributed by atoms with Gasteiger partial charge < -0.3 is 15.5 Å². The molecule has 2 rings (SSSR count). The zero-order chi connectivity index (χ0) is 11.7. The number of anilines is 2. The molecule has 86 valence electrons. The Morgan fingerprint density at radius 1 is 1.38 bits per heavy atom. The second-order valence-electron chi connectivity index (χ2n) is 4.28.